The summed E-state index contributed by atoms with van der Waals surface area (Å²) < 4.78 is 35.7. The second-order valence-corrected chi connectivity index (χ2v) is 9.36. The van der Waals surface area contributed by atoms with Crippen LogP contribution in [0.15, 0.2) is 83.8 Å². The van der Waals surface area contributed by atoms with Gasteiger partial charge in [0.15, 0.2) is 15.9 Å². The highest BCUT2D eigenvalue weighted by Crippen LogP contribution is 2.25. The van der Waals surface area contributed by atoms with Crippen molar-refractivity contribution in [2.45, 2.75) is 24.3 Å². The molecule has 3 aromatic rings. The van der Waals surface area contributed by atoms with Crippen LogP contribution in [0.2, 0.25) is 0 Å². The average Bonchev–Trinajstić information content (AvgIpc) is 2.82. The Morgan fingerprint density at radius 1 is 0.875 bits per heavy atom. The van der Waals surface area contributed by atoms with Crippen molar-refractivity contribution >= 4 is 21.6 Å². The summed E-state index contributed by atoms with van der Waals surface area (Å²) in [6, 6.07) is 21.5. The number of carbonyl (C=O) groups excluding carboxylic acids is 2. The lowest BCUT2D eigenvalue weighted by Crippen LogP contribution is -2.22. The molecular formula is C25H24O6S. The van der Waals surface area contributed by atoms with Crippen molar-refractivity contribution in [1.29, 1.82) is 0 Å². The molecule has 0 aliphatic heterocycles. The highest BCUT2D eigenvalue weighted by molar-refractivity contribution is 7.91. The van der Waals surface area contributed by atoms with Crippen LogP contribution in [-0.2, 0) is 19.4 Å². The number of esters is 1. The Kier molecular flexibility index (Phi) is 7.43. The second kappa shape index (κ2) is 10.2. The molecule has 3 rings (SSSR count). The topological polar surface area (TPSA) is 86.7 Å². The number of rotatable bonds is 9. The Labute approximate surface area is 187 Å². The van der Waals surface area contributed by atoms with Gasteiger partial charge in [-0.25, -0.2) is 8.42 Å². The third kappa shape index (κ3) is 5.82. The first-order valence-electron chi connectivity index (χ1n) is 10.0. The molecule has 0 aromatic heterocycles. The largest absolute Gasteiger partial charge is 0.497 e. The van der Waals surface area contributed by atoms with E-state index in [1.807, 2.05) is 6.92 Å². The molecule has 0 aliphatic carbocycles. The number of carbonyl (C=O) groups is 2. The number of hydrogen-bond acceptors (Lipinski definition) is 6. The van der Waals surface area contributed by atoms with Crippen molar-refractivity contribution in [3.8, 4) is 5.75 Å². The van der Waals surface area contributed by atoms with E-state index in [4.69, 9.17) is 9.47 Å². The smallest absolute Gasteiger partial charge is 0.307 e. The summed E-state index contributed by atoms with van der Waals surface area (Å²) in [6.45, 7) is 1.86. The number of ether oxygens (including phenoxy) is 2. The first-order valence-corrected chi connectivity index (χ1v) is 11.7. The highest BCUT2D eigenvalue weighted by atomic mass is 32.2. The first-order chi connectivity index (χ1) is 15.3. The van der Waals surface area contributed by atoms with Crippen molar-refractivity contribution in [3.05, 3.63) is 95.6 Å². The van der Waals surface area contributed by atoms with Gasteiger partial charge in [0.25, 0.3) is 0 Å². The van der Waals surface area contributed by atoms with Crippen molar-refractivity contribution in [3.63, 3.8) is 0 Å². The van der Waals surface area contributed by atoms with Crippen LogP contribution in [0.3, 0.4) is 0 Å². The third-order valence-electron chi connectivity index (χ3n) is 4.92. The zero-order chi connectivity index (χ0) is 23.1. The fourth-order valence-corrected chi connectivity index (χ4v) is 4.30. The first kappa shape index (κ1) is 23.2. The van der Waals surface area contributed by atoms with Crippen molar-refractivity contribution < 1.29 is 27.5 Å². The lowest BCUT2D eigenvalue weighted by atomic mass is 9.99. The maximum absolute atomic E-state index is 13.1. The lowest BCUT2D eigenvalue weighted by molar-refractivity contribution is -0.146. The average molecular weight is 453 g/mol. The Hall–Kier alpha value is -3.45. The molecule has 0 saturated carbocycles. The monoisotopic (exact) mass is 452 g/mol. The molecule has 1 atom stereocenters. The maximum atomic E-state index is 13.1. The van der Waals surface area contributed by atoms with Crippen LogP contribution in [-0.4, -0.2) is 33.0 Å². The van der Waals surface area contributed by atoms with Crippen LogP contribution in [0.1, 0.15) is 34.0 Å². The summed E-state index contributed by atoms with van der Waals surface area (Å²) in [5.74, 6) is -0.992. The molecule has 0 heterocycles. The fourth-order valence-electron chi connectivity index (χ4n) is 3.08. The number of sulfone groups is 1. The zero-order valence-corrected chi connectivity index (χ0v) is 18.7. The Morgan fingerprint density at radius 2 is 1.50 bits per heavy atom. The minimum Gasteiger partial charge on any atom is -0.497 e. The molecule has 0 saturated heterocycles. The lowest BCUT2D eigenvalue weighted by Gasteiger charge is -2.18. The van der Waals surface area contributed by atoms with Crippen LogP contribution < -0.4 is 4.74 Å². The highest BCUT2D eigenvalue weighted by Gasteiger charge is 2.27. The number of methoxy groups -OCH3 is 1. The maximum Gasteiger partial charge on any atom is 0.307 e. The van der Waals surface area contributed by atoms with E-state index in [0.717, 1.165) is 5.56 Å². The fraction of sp³-hybridized carbons (Fsp3) is 0.200. The summed E-state index contributed by atoms with van der Waals surface area (Å²) >= 11 is 0. The molecule has 0 spiro atoms. The van der Waals surface area contributed by atoms with Gasteiger partial charge >= 0.3 is 5.97 Å². The Bertz CT molecular complexity index is 1170. The quantitative estimate of drug-likeness (QED) is 0.355. The standard InChI is InChI=1S/C25H24O6S/c1-18-8-14-22(15-9-18)32(28,29)17-16-23(26)31-25(20-6-4-3-5-7-20)24(27)19-10-12-21(30-2)13-11-19/h3-15,25H,16-17H2,1-2H3/t25-/m1/s1. The number of aryl methyl sites for hydroxylation is 1. The van der Waals surface area contributed by atoms with Crippen molar-refractivity contribution in [1.82, 2.24) is 0 Å². The minimum absolute atomic E-state index is 0.143. The van der Waals surface area contributed by atoms with Gasteiger partial charge < -0.3 is 9.47 Å². The van der Waals surface area contributed by atoms with E-state index in [1.54, 1.807) is 66.7 Å². The number of Topliss-reactive ketones (excluding diaryl/α,β-unsaturated/α-hetero) is 1. The summed E-state index contributed by atoms with van der Waals surface area (Å²) in [7, 11) is -2.13. The summed E-state index contributed by atoms with van der Waals surface area (Å²) in [4.78, 5) is 25.8. The minimum atomic E-state index is -3.65. The van der Waals surface area contributed by atoms with Crippen molar-refractivity contribution in [2.24, 2.45) is 0 Å². The van der Waals surface area contributed by atoms with E-state index in [0.29, 0.717) is 16.9 Å². The molecule has 3 aromatic carbocycles. The predicted octanol–water partition coefficient (Wildman–Crippen LogP) is 4.33. The van der Waals surface area contributed by atoms with E-state index in [2.05, 4.69) is 0 Å². The molecule has 0 radical (unpaired) electrons. The molecule has 0 amide bonds. The number of hydrogen-bond donors (Lipinski definition) is 0. The van der Waals surface area contributed by atoms with E-state index in [9.17, 15) is 18.0 Å². The van der Waals surface area contributed by atoms with Gasteiger partial charge in [0.1, 0.15) is 5.75 Å². The third-order valence-corrected chi connectivity index (χ3v) is 6.65. The van der Waals surface area contributed by atoms with Crippen molar-refractivity contribution in [2.75, 3.05) is 12.9 Å². The van der Waals surface area contributed by atoms with Gasteiger partial charge in [0.05, 0.1) is 24.2 Å². The summed E-state index contributed by atoms with van der Waals surface area (Å²) in [5, 5.41) is 0. The molecule has 0 N–H and O–H groups in total. The molecular weight excluding hydrogens is 428 g/mol. The van der Waals surface area contributed by atoms with E-state index >= 15 is 0 Å². The normalized spacial score (nSPS) is 12.1. The van der Waals surface area contributed by atoms with Gasteiger partial charge in [-0.3, -0.25) is 9.59 Å². The molecule has 32 heavy (non-hydrogen) atoms. The van der Waals surface area contributed by atoms with Crippen LogP contribution in [0.4, 0.5) is 0 Å². The molecule has 0 unspecified atom stereocenters. The van der Waals surface area contributed by atoms with Crippen LogP contribution in [0.5, 0.6) is 5.75 Å². The molecule has 7 heteroatoms. The van der Waals surface area contributed by atoms with Gasteiger partial charge in [-0.05, 0) is 43.3 Å². The Balaban J connectivity index is 1.75. The van der Waals surface area contributed by atoms with E-state index in [1.165, 1.54) is 19.2 Å². The predicted molar refractivity (Wildman–Crippen MR) is 120 cm³/mol. The van der Waals surface area contributed by atoms with Crippen LogP contribution in [0.25, 0.3) is 0 Å². The van der Waals surface area contributed by atoms with Gasteiger partial charge in [0.2, 0.25) is 5.78 Å². The molecule has 0 aliphatic rings. The molecule has 0 fully saturated rings. The van der Waals surface area contributed by atoms with Crippen LogP contribution in [0, 0.1) is 6.92 Å². The molecule has 0 bridgehead atoms. The SMILES string of the molecule is COc1ccc(C(=O)[C@H](OC(=O)CCS(=O)(=O)c2ccc(C)cc2)c2ccccc2)cc1. The number of benzene rings is 3. The summed E-state index contributed by atoms with van der Waals surface area (Å²) in [6.07, 6.45) is -1.55. The van der Waals surface area contributed by atoms with Gasteiger partial charge in [-0.2, -0.15) is 0 Å². The van der Waals surface area contributed by atoms with Crippen LogP contribution >= 0.6 is 0 Å². The number of ketones is 1. The molecule has 6 nitrogen and oxygen atoms in total. The summed E-state index contributed by atoms with van der Waals surface area (Å²) in [5.41, 5.74) is 1.79. The van der Waals surface area contributed by atoms with E-state index < -0.39 is 33.4 Å². The van der Waals surface area contributed by atoms with Gasteiger partial charge in [0, 0.05) is 11.1 Å². The Morgan fingerprint density at radius 3 is 2.09 bits per heavy atom. The van der Waals surface area contributed by atoms with Gasteiger partial charge in [-0.15, -0.1) is 0 Å². The van der Waals surface area contributed by atoms with E-state index in [-0.39, 0.29) is 11.3 Å². The van der Waals surface area contributed by atoms with Gasteiger partial charge in [-0.1, -0.05) is 48.0 Å². The molecule has 166 valence electrons. The second-order valence-electron chi connectivity index (χ2n) is 7.26. The zero-order valence-electron chi connectivity index (χ0n) is 17.9.